The van der Waals surface area contributed by atoms with Gasteiger partial charge in [-0.2, -0.15) is 12.6 Å². The SMILES string of the molecule is CC[Si](C)(NC(C)S)C(C)(C)C. The molecule has 0 aliphatic rings. The highest BCUT2D eigenvalue weighted by atomic mass is 32.1. The minimum atomic E-state index is -1.31. The van der Waals surface area contributed by atoms with Crippen LogP contribution >= 0.6 is 12.6 Å². The lowest BCUT2D eigenvalue weighted by Gasteiger charge is -2.41. The molecule has 0 amide bonds. The van der Waals surface area contributed by atoms with E-state index in [1.165, 1.54) is 6.04 Å². The highest BCUT2D eigenvalue weighted by Gasteiger charge is 2.38. The Hall–Kier alpha value is 0.527. The summed E-state index contributed by atoms with van der Waals surface area (Å²) in [5.74, 6) is 0. The molecule has 74 valence electrons. The Morgan fingerprint density at radius 2 is 1.83 bits per heavy atom. The van der Waals surface area contributed by atoms with Crippen molar-refractivity contribution < 1.29 is 0 Å². The first kappa shape index (κ1) is 12.5. The Bertz CT molecular complexity index is 142. The van der Waals surface area contributed by atoms with E-state index in [0.717, 1.165) is 0 Å². The van der Waals surface area contributed by atoms with Gasteiger partial charge in [0, 0.05) is 5.37 Å². The average Bonchev–Trinajstić information content (AvgIpc) is 1.83. The van der Waals surface area contributed by atoms with Gasteiger partial charge in [0.1, 0.15) is 8.24 Å². The van der Waals surface area contributed by atoms with Crippen LogP contribution in [0.4, 0.5) is 0 Å². The fourth-order valence-electron chi connectivity index (χ4n) is 1.31. The van der Waals surface area contributed by atoms with Gasteiger partial charge in [0.2, 0.25) is 0 Å². The Morgan fingerprint density at radius 3 is 1.92 bits per heavy atom. The van der Waals surface area contributed by atoms with Gasteiger partial charge in [-0.1, -0.05) is 34.2 Å². The molecular formula is C9H23NSSi. The number of nitrogens with one attached hydrogen (secondary N) is 1. The third-order valence-corrected chi connectivity index (χ3v) is 9.06. The largest absolute Gasteiger partial charge is 0.326 e. The zero-order chi connectivity index (χ0) is 9.99. The van der Waals surface area contributed by atoms with Crippen molar-refractivity contribution in [1.82, 2.24) is 4.98 Å². The maximum Gasteiger partial charge on any atom is 0.128 e. The van der Waals surface area contributed by atoms with Gasteiger partial charge in [-0.05, 0) is 18.0 Å². The smallest absolute Gasteiger partial charge is 0.128 e. The van der Waals surface area contributed by atoms with Crippen molar-refractivity contribution in [2.45, 2.75) is 57.6 Å². The second kappa shape index (κ2) is 4.16. The highest BCUT2D eigenvalue weighted by molar-refractivity contribution is 7.80. The normalized spacial score (nSPS) is 20.2. The molecule has 0 aliphatic heterocycles. The van der Waals surface area contributed by atoms with Gasteiger partial charge in [0.25, 0.3) is 0 Å². The molecule has 0 radical (unpaired) electrons. The van der Waals surface area contributed by atoms with Gasteiger partial charge < -0.3 is 4.98 Å². The Labute approximate surface area is 83.8 Å². The summed E-state index contributed by atoms with van der Waals surface area (Å²) in [6, 6.07) is 1.27. The molecule has 0 rings (SSSR count). The molecule has 2 unspecified atom stereocenters. The van der Waals surface area contributed by atoms with Crippen LogP contribution in [0.25, 0.3) is 0 Å². The summed E-state index contributed by atoms with van der Waals surface area (Å²) in [5, 5.41) is 0.736. The van der Waals surface area contributed by atoms with E-state index in [4.69, 9.17) is 0 Å². The zero-order valence-electron chi connectivity index (χ0n) is 9.23. The molecule has 3 heteroatoms. The van der Waals surface area contributed by atoms with E-state index in [2.05, 4.69) is 58.8 Å². The van der Waals surface area contributed by atoms with Crippen LogP contribution in [0, 0.1) is 0 Å². The van der Waals surface area contributed by atoms with Gasteiger partial charge >= 0.3 is 0 Å². The zero-order valence-corrected chi connectivity index (χ0v) is 11.1. The van der Waals surface area contributed by atoms with E-state index in [1.807, 2.05) is 0 Å². The van der Waals surface area contributed by atoms with Crippen LogP contribution in [0.5, 0.6) is 0 Å². The van der Waals surface area contributed by atoms with Crippen molar-refractivity contribution in [2.75, 3.05) is 0 Å². The predicted molar refractivity (Wildman–Crippen MR) is 63.4 cm³/mol. The lowest BCUT2D eigenvalue weighted by atomic mass is 10.2. The molecule has 0 aromatic rings. The van der Waals surface area contributed by atoms with Crippen LogP contribution in [-0.4, -0.2) is 13.6 Å². The van der Waals surface area contributed by atoms with E-state index in [-0.39, 0.29) is 0 Å². The first-order valence-electron chi connectivity index (χ1n) is 4.68. The van der Waals surface area contributed by atoms with Crippen LogP contribution in [0.1, 0.15) is 34.6 Å². The van der Waals surface area contributed by atoms with Crippen molar-refractivity contribution in [3.05, 3.63) is 0 Å². The lowest BCUT2D eigenvalue weighted by molar-refractivity contribution is 0.673. The van der Waals surface area contributed by atoms with Crippen LogP contribution in [0.15, 0.2) is 0 Å². The molecule has 2 atom stereocenters. The minimum Gasteiger partial charge on any atom is -0.326 e. The van der Waals surface area contributed by atoms with Gasteiger partial charge in [-0.25, -0.2) is 0 Å². The molecule has 0 aliphatic carbocycles. The van der Waals surface area contributed by atoms with Crippen LogP contribution < -0.4 is 4.98 Å². The third-order valence-electron chi connectivity index (χ3n) is 2.89. The fourth-order valence-corrected chi connectivity index (χ4v) is 4.78. The fraction of sp³-hybridized carbons (Fsp3) is 1.00. The first-order chi connectivity index (χ1) is 5.23. The lowest BCUT2D eigenvalue weighted by Crippen LogP contribution is -2.56. The molecule has 12 heavy (non-hydrogen) atoms. The highest BCUT2D eigenvalue weighted by Crippen LogP contribution is 2.36. The maximum atomic E-state index is 4.40. The molecule has 0 bridgehead atoms. The average molecular weight is 205 g/mol. The molecule has 0 aromatic carbocycles. The Kier molecular flexibility index (Phi) is 4.34. The number of hydrogen-bond donors (Lipinski definition) is 2. The monoisotopic (exact) mass is 205 g/mol. The predicted octanol–water partition coefficient (Wildman–Crippen LogP) is 3.25. The standard InChI is InChI=1S/C9H23NSSi/c1-7-12(6,9(3,4)5)10-8(2)11/h8,10-11H,7H2,1-6H3. The molecule has 0 heterocycles. The van der Waals surface area contributed by atoms with Crippen LogP contribution in [-0.2, 0) is 0 Å². The minimum absolute atomic E-state index is 0.320. The summed E-state index contributed by atoms with van der Waals surface area (Å²) in [6.07, 6.45) is 0. The van der Waals surface area contributed by atoms with Gasteiger partial charge in [-0.3, -0.25) is 0 Å². The summed E-state index contributed by atoms with van der Waals surface area (Å²) in [4.78, 5) is 3.65. The van der Waals surface area contributed by atoms with E-state index in [9.17, 15) is 0 Å². The van der Waals surface area contributed by atoms with Crippen molar-refractivity contribution in [1.29, 1.82) is 0 Å². The van der Waals surface area contributed by atoms with Gasteiger partial charge in [0.05, 0.1) is 0 Å². The molecule has 0 spiro atoms. The molecule has 0 saturated carbocycles. The summed E-state index contributed by atoms with van der Waals surface area (Å²) < 4.78 is 0. The summed E-state index contributed by atoms with van der Waals surface area (Å²) >= 11 is 4.40. The van der Waals surface area contributed by atoms with E-state index in [0.29, 0.717) is 10.4 Å². The van der Waals surface area contributed by atoms with Crippen molar-refractivity contribution in [3.63, 3.8) is 0 Å². The van der Waals surface area contributed by atoms with E-state index >= 15 is 0 Å². The second-order valence-electron chi connectivity index (χ2n) is 4.76. The topological polar surface area (TPSA) is 12.0 Å². The quantitative estimate of drug-likeness (QED) is 0.409. The van der Waals surface area contributed by atoms with E-state index in [1.54, 1.807) is 0 Å². The van der Waals surface area contributed by atoms with Crippen LogP contribution in [0.3, 0.4) is 0 Å². The van der Waals surface area contributed by atoms with Gasteiger partial charge in [-0.15, -0.1) is 0 Å². The molecule has 0 aromatic heterocycles. The first-order valence-corrected chi connectivity index (χ1v) is 7.91. The summed E-state index contributed by atoms with van der Waals surface area (Å²) in [5.41, 5.74) is 0. The van der Waals surface area contributed by atoms with Crippen LogP contribution in [0.2, 0.25) is 17.6 Å². The number of hydrogen-bond acceptors (Lipinski definition) is 2. The molecule has 1 nitrogen and oxygen atoms in total. The molecule has 0 saturated heterocycles. The Balaban J connectivity index is 4.46. The molecule has 0 fully saturated rings. The van der Waals surface area contributed by atoms with Crippen molar-refractivity contribution >= 4 is 20.9 Å². The summed E-state index contributed by atoms with van der Waals surface area (Å²) in [7, 11) is -1.31. The second-order valence-corrected chi connectivity index (χ2v) is 10.7. The van der Waals surface area contributed by atoms with E-state index < -0.39 is 8.24 Å². The number of rotatable bonds is 3. The molecular weight excluding hydrogens is 182 g/mol. The molecule has 1 N–H and O–H groups in total. The van der Waals surface area contributed by atoms with Crippen molar-refractivity contribution in [3.8, 4) is 0 Å². The Morgan fingerprint density at radius 1 is 1.42 bits per heavy atom. The number of thiol groups is 1. The maximum absolute atomic E-state index is 4.40. The summed E-state index contributed by atoms with van der Waals surface area (Å²) in [6.45, 7) is 13.8. The van der Waals surface area contributed by atoms with Crippen molar-refractivity contribution in [2.24, 2.45) is 0 Å². The third kappa shape index (κ3) is 3.11. The van der Waals surface area contributed by atoms with Gasteiger partial charge in [0.15, 0.2) is 0 Å².